The Balaban J connectivity index is 1.29. The number of hydrogen-bond acceptors (Lipinski definition) is 4. The fourth-order valence-corrected chi connectivity index (χ4v) is 5.00. The lowest BCUT2D eigenvalue weighted by Gasteiger charge is -2.11. The predicted octanol–water partition coefficient (Wildman–Crippen LogP) is 4.04. The van der Waals surface area contributed by atoms with E-state index in [0.717, 1.165) is 52.5 Å². The molecule has 8 heteroatoms. The van der Waals surface area contributed by atoms with Crippen LogP contribution in [-0.4, -0.2) is 31.8 Å². The van der Waals surface area contributed by atoms with Crippen LogP contribution >= 0.6 is 11.3 Å². The smallest absolute Gasteiger partial charge is 0.261 e. The Hall–Kier alpha value is -3.00. The van der Waals surface area contributed by atoms with Crippen LogP contribution in [0.25, 0.3) is 15.9 Å². The van der Waals surface area contributed by atoms with Gasteiger partial charge >= 0.3 is 0 Å². The number of fused-ring (bicyclic) bond motifs is 2. The van der Waals surface area contributed by atoms with Crippen LogP contribution in [0, 0.1) is 12.7 Å². The van der Waals surface area contributed by atoms with Gasteiger partial charge in [-0.3, -0.25) is 4.79 Å². The van der Waals surface area contributed by atoms with Gasteiger partial charge in [-0.25, -0.2) is 14.1 Å². The van der Waals surface area contributed by atoms with Gasteiger partial charge in [0.25, 0.3) is 5.91 Å². The minimum atomic E-state index is -0.288. The maximum atomic E-state index is 13.3. The molecule has 4 heterocycles. The summed E-state index contributed by atoms with van der Waals surface area (Å²) in [7, 11) is 0. The zero-order valence-corrected chi connectivity index (χ0v) is 17.5. The molecule has 0 atom stereocenters. The number of rotatable bonds is 5. The number of hydrogen-bond donors (Lipinski definition) is 1. The summed E-state index contributed by atoms with van der Waals surface area (Å²) in [6.07, 6.45) is 6.28. The van der Waals surface area contributed by atoms with Crippen molar-refractivity contribution in [2.75, 3.05) is 6.54 Å². The number of carbonyl (C=O) groups is 1. The summed E-state index contributed by atoms with van der Waals surface area (Å²) in [6, 6.07) is 8.07. The van der Waals surface area contributed by atoms with Crippen molar-refractivity contribution in [1.82, 2.24) is 24.6 Å². The molecule has 6 nitrogen and oxygen atoms in total. The SMILES string of the molecule is Cc1nn(-c2ccc(F)cc2)c2sc(C(=O)NCCc3cn4c(n3)CCCC4)cc12. The highest BCUT2D eigenvalue weighted by Crippen LogP contribution is 2.30. The third kappa shape index (κ3) is 3.52. The van der Waals surface area contributed by atoms with Crippen molar-refractivity contribution < 1.29 is 9.18 Å². The van der Waals surface area contributed by atoms with E-state index in [1.807, 2.05) is 13.0 Å². The molecule has 0 saturated heterocycles. The first kappa shape index (κ1) is 19.0. The molecule has 154 valence electrons. The number of amides is 1. The topological polar surface area (TPSA) is 64.7 Å². The minimum absolute atomic E-state index is 0.0924. The van der Waals surface area contributed by atoms with E-state index in [0.29, 0.717) is 11.4 Å². The van der Waals surface area contributed by atoms with Crippen LogP contribution in [0.15, 0.2) is 36.5 Å². The van der Waals surface area contributed by atoms with E-state index in [1.165, 1.54) is 36.3 Å². The first-order valence-corrected chi connectivity index (χ1v) is 11.0. The maximum absolute atomic E-state index is 13.3. The lowest BCUT2D eigenvalue weighted by molar-refractivity contribution is 0.0958. The van der Waals surface area contributed by atoms with Crippen LogP contribution in [0.4, 0.5) is 4.39 Å². The van der Waals surface area contributed by atoms with Crippen molar-refractivity contribution in [3.63, 3.8) is 0 Å². The zero-order chi connectivity index (χ0) is 20.7. The van der Waals surface area contributed by atoms with Crippen molar-refractivity contribution >= 4 is 27.5 Å². The first-order chi connectivity index (χ1) is 14.6. The molecule has 4 aromatic rings. The van der Waals surface area contributed by atoms with Gasteiger partial charge in [0, 0.05) is 37.5 Å². The van der Waals surface area contributed by atoms with Crippen molar-refractivity contribution in [3.8, 4) is 5.69 Å². The van der Waals surface area contributed by atoms with Crippen LogP contribution in [0.1, 0.15) is 39.7 Å². The predicted molar refractivity (Wildman–Crippen MR) is 115 cm³/mol. The summed E-state index contributed by atoms with van der Waals surface area (Å²) in [5, 5.41) is 8.49. The van der Waals surface area contributed by atoms with Crippen LogP contribution < -0.4 is 5.32 Å². The van der Waals surface area contributed by atoms with E-state index >= 15 is 0 Å². The molecular weight excluding hydrogens is 401 g/mol. The van der Waals surface area contributed by atoms with Gasteiger partial charge in [-0.2, -0.15) is 5.10 Å². The molecule has 0 radical (unpaired) electrons. The van der Waals surface area contributed by atoms with E-state index in [1.54, 1.807) is 16.8 Å². The Bertz CT molecular complexity index is 1200. The number of nitrogens with zero attached hydrogens (tertiary/aromatic N) is 4. The highest BCUT2D eigenvalue weighted by Gasteiger charge is 2.17. The second-order valence-corrected chi connectivity index (χ2v) is 8.64. The molecule has 5 rings (SSSR count). The molecule has 1 aliphatic rings. The Labute approximate surface area is 177 Å². The number of aryl methyl sites for hydroxylation is 3. The highest BCUT2D eigenvalue weighted by atomic mass is 32.1. The molecule has 3 aromatic heterocycles. The van der Waals surface area contributed by atoms with E-state index in [9.17, 15) is 9.18 Å². The molecule has 0 aliphatic carbocycles. The number of aromatic nitrogens is 4. The molecule has 0 unspecified atom stereocenters. The molecule has 1 aliphatic heterocycles. The fraction of sp³-hybridized carbons (Fsp3) is 0.318. The molecule has 1 N–H and O–H groups in total. The number of thiophene rings is 1. The van der Waals surface area contributed by atoms with Gasteiger partial charge in [0.15, 0.2) is 0 Å². The van der Waals surface area contributed by atoms with Crippen molar-refractivity contribution in [2.45, 2.75) is 39.2 Å². The van der Waals surface area contributed by atoms with Gasteiger partial charge in [0.05, 0.1) is 22.0 Å². The second-order valence-electron chi connectivity index (χ2n) is 7.61. The number of nitrogens with one attached hydrogen (secondary N) is 1. The Morgan fingerprint density at radius 2 is 2.10 bits per heavy atom. The normalized spacial score (nSPS) is 13.5. The third-order valence-corrected chi connectivity index (χ3v) is 6.57. The van der Waals surface area contributed by atoms with Gasteiger partial charge in [-0.15, -0.1) is 11.3 Å². The number of imidazole rings is 1. The Morgan fingerprint density at radius 1 is 1.27 bits per heavy atom. The number of carbonyl (C=O) groups excluding carboxylic acids is 1. The van der Waals surface area contributed by atoms with Crippen molar-refractivity contribution in [1.29, 1.82) is 0 Å². The summed E-state index contributed by atoms with van der Waals surface area (Å²) in [4.78, 5) is 18.9. The van der Waals surface area contributed by atoms with Gasteiger partial charge in [-0.1, -0.05) is 0 Å². The lowest BCUT2D eigenvalue weighted by Crippen LogP contribution is -2.24. The second kappa shape index (κ2) is 7.68. The van der Waals surface area contributed by atoms with Crippen LogP contribution in [0.2, 0.25) is 0 Å². The molecule has 0 saturated carbocycles. The van der Waals surface area contributed by atoms with E-state index < -0.39 is 0 Å². The number of benzene rings is 1. The van der Waals surface area contributed by atoms with Gasteiger partial charge in [-0.05, 0) is 50.1 Å². The van der Waals surface area contributed by atoms with Crippen molar-refractivity contribution in [3.05, 3.63) is 64.4 Å². The molecule has 30 heavy (non-hydrogen) atoms. The molecule has 0 spiro atoms. The quantitative estimate of drug-likeness (QED) is 0.527. The largest absolute Gasteiger partial charge is 0.351 e. The Kier molecular flexibility index (Phi) is 4.86. The van der Waals surface area contributed by atoms with Crippen molar-refractivity contribution in [2.24, 2.45) is 0 Å². The maximum Gasteiger partial charge on any atom is 0.261 e. The molecular formula is C22H22FN5OS. The highest BCUT2D eigenvalue weighted by molar-refractivity contribution is 7.20. The van der Waals surface area contributed by atoms with E-state index in [2.05, 4.69) is 26.2 Å². The summed E-state index contributed by atoms with van der Waals surface area (Å²) >= 11 is 1.40. The van der Waals surface area contributed by atoms with Crippen LogP contribution in [-0.2, 0) is 19.4 Å². The summed E-state index contributed by atoms with van der Waals surface area (Å²) < 4.78 is 17.3. The standard InChI is InChI=1S/C22H22FN5OS/c1-14-18-12-19(30-22(18)28(26-14)17-7-5-15(23)6-8-17)21(29)24-10-9-16-13-27-11-3-2-4-20(27)25-16/h5-8,12-13H,2-4,9-11H2,1H3,(H,24,29). The molecule has 0 fully saturated rings. The van der Waals surface area contributed by atoms with Crippen LogP contribution in [0.5, 0.6) is 0 Å². The van der Waals surface area contributed by atoms with E-state index in [4.69, 9.17) is 0 Å². The van der Waals surface area contributed by atoms with Gasteiger partial charge in [0.2, 0.25) is 0 Å². The average molecular weight is 424 g/mol. The van der Waals surface area contributed by atoms with Gasteiger partial charge < -0.3 is 9.88 Å². The molecule has 1 aromatic carbocycles. The first-order valence-electron chi connectivity index (χ1n) is 10.2. The summed E-state index contributed by atoms with van der Waals surface area (Å²) in [5.74, 6) is 0.779. The van der Waals surface area contributed by atoms with Gasteiger partial charge in [0.1, 0.15) is 16.5 Å². The van der Waals surface area contributed by atoms with Crippen LogP contribution in [0.3, 0.4) is 0 Å². The summed E-state index contributed by atoms with van der Waals surface area (Å²) in [6.45, 7) is 3.50. The summed E-state index contributed by atoms with van der Waals surface area (Å²) in [5.41, 5.74) is 2.65. The molecule has 0 bridgehead atoms. The average Bonchev–Trinajstić information content (AvgIpc) is 3.43. The zero-order valence-electron chi connectivity index (χ0n) is 16.7. The minimum Gasteiger partial charge on any atom is -0.351 e. The number of halogens is 1. The monoisotopic (exact) mass is 423 g/mol. The fourth-order valence-electron chi connectivity index (χ4n) is 3.90. The lowest BCUT2D eigenvalue weighted by atomic mass is 10.2. The third-order valence-electron chi connectivity index (χ3n) is 5.46. The Morgan fingerprint density at radius 3 is 2.90 bits per heavy atom. The molecule has 1 amide bonds. The van der Waals surface area contributed by atoms with E-state index in [-0.39, 0.29) is 11.7 Å².